The molecule has 29 heavy (non-hydrogen) atoms. The zero-order chi connectivity index (χ0) is 20.9. The molecular weight excluding hydrogens is 415 g/mol. The molecule has 2 bridgehead atoms. The Hall–Kier alpha value is -1.93. The van der Waals surface area contributed by atoms with Gasteiger partial charge in [-0.25, -0.2) is 24.1 Å². The van der Waals surface area contributed by atoms with Crippen LogP contribution < -0.4 is 0 Å². The first-order valence-corrected chi connectivity index (χ1v) is 11.1. The zero-order valence-corrected chi connectivity index (χ0v) is 18.3. The molecule has 154 valence electrons. The van der Waals surface area contributed by atoms with Gasteiger partial charge in [-0.15, -0.1) is 0 Å². The summed E-state index contributed by atoms with van der Waals surface area (Å²) in [7, 11) is 0. The molecule has 2 aromatic rings. The SMILES string of the molecule is CSc1nc(C2=C[C@@H]3CC[C@H](C2)N3C(=O)OC(C)(C)C)c2cnc(Cl)c(F)c2n1. The van der Waals surface area contributed by atoms with E-state index in [0.717, 1.165) is 18.4 Å². The third kappa shape index (κ3) is 3.80. The lowest BCUT2D eigenvalue weighted by Crippen LogP contribution is -2.45. The highest BCUT2D eigenvalue weighted by Gasteiger charge is 2.42. The Morgan fingerprint density at radius 1 is 1.34 bits per heavy atom. The largest absolute Gasteiger partial charge is 0.444 e. The summed E-state index contributed by atoms with van der Waals surface area (Å²) >= 11 is 7.20. The number of rotatable bonds is 2. The van der Waals surface area contributed by atoms with Crippen molar-refractivity contribution in [1.82, 2.24) is 19.9 Å². The number of ether oxygens (including phenoxy) is 1. The molecule has 0 radical (unpaired) electrons. The van der Waals surface area contributed by atoms with Gasteiger partial charge in [0.05, 0.1) is 11.7 Å². The van der Waals surface area contributed by atoms with Gasteiger partial charge in [-0.2, -0.15) is 0 Å². The highest BCUT2D eigenvalue weighted by atomic mass is 35.5. The highest BCUT2D eigenvalue weighted by molar-refractivity contribution is 7.98. The minimum atomic E-state index is -0.641. The van der Waals surface area contributed by atoms with E-state index in [-0.39, 0.29) is 28.8 Å². The lowest BCUT2D eigenvalue weighted by molar-refractivity contribution is 0.0175. The number of carbonyl (C=O) groups is 1. The van der Waals surface area contributed by atoms with Crippen LogP contribution in [0.25, 0.3) is 16.5 Å². The van der Waals surface area contributed by atoms with E-state index in [2.05, 4.69) is 15.0 Å². The monoisotopic (exact) mass is 436 g/mol. The van der Waals surface area contributed by atoms with Gasteiger partial charge in [-0.3, -0.25) is 4.90 Å². The van der Waals surface area contributed by atoms with Gasteiger partial charge in [0.15, 0.2) is 16.1 Å². The Bertz CT molecular complexity index is 1020. The number of carbonyl (C=O) groups excluding carboxylic acids is 1. The lowest BCUT2D eigenvalue weighted by Gasteiger charge is -2.35. The number of aromatic nitrogens is 3. The molecule has 2 aromatic heterocycles. The molecule has 9 heteroatoms. The Labute approximate surface area is 177 Å². The van der Waals surface area contributed by atoms with Crippen molar-refractivity contribution < 1.29 is 13.9 Å². The molecule has 2 aliphatic rings. The Kier molecular flexibility index (Phi) is 5.19. The third-order valence-electron chi connectivity index (χ3n) is 5.11. The quantitative estimate of drug-likeness (QED) is 0.371. The standard InChI is InChI=1S/C20H22ClFN4O2S/c1-20(2,3)28-19(27)26-11-5-6-12(26)8-10(7-11)15-13-9-23-17(21)14(22)16(13)25-18(24-15)29-4/h7,9,11-12H,5-6,8H2,1-4H3/t11-,12+/m0/s1. The van der Waals surface area contributed by atoms with Crippen LogP contribution in [0.4, 0.5) is 9.18 Å². The summed E-state index contributed by atoms with van der Waals surface area (Å²) in [5, 5.41) is 0.792. The number of hydrogen-bond acceptors (Lipinski definition) is 6. The van der Waals surface area contributed by atoms with E-state index in [9.17, 15) is 9.18 Å². The summed E-state index contributed by atoms with van der Waals surface area (Å²) < 4.78 is 20.2. The van der Waals surface area contributed by atoms with Crippen LogP contribution in [0.5, 0.6) is 0 Å². The van der Waals surface area contributed by atoms with E-state index in [4.69, 9.17) is 16.3 Å². The molecule has 0 saturated carbocycles. The number of halogens is 2. The van der Waals surface area contributed by atoms with Crippen molar-refractivity contribution in [2.24, 2.45) is 0 Å². The van der Waals surface area contributed by atoms with Gasteiger partial charge in [-0.1, -0.05) is 29.4 Å². The van der Waals surface area contributed by atoms with Gasteiger partial charge >= 0.3 is 6.09 Å². The maximum absolute atomic E-state index is 14.6. The molecule has 0 unspecified atom stereocenters. The van der Waals surface area contributed by atoms with E-state index >= 15 is 0 Å². The number of fused-ring (bicyclic) bond motifs is 3. The van der Waals surface area contributed by atoms with E-state index in [1.165, 1.54) is 18.0 Å². The molecule has 4 heterocycles. The molecule has 6 nitrogen and oxygen atoms in total. The molecule has 0 aromatic carbocycles. The second-order valence-corrected chi connectivity index (χ2v) is 9.40. The normalized spacial score (nSPS) is 21.4. The summed E-state index contributed by atoms with van der Waals surface area (Å²) in [6, 6.07) is -0.0332. The number of hydrogen-bond donors (Lipinski definition) is 0. The molecule has 4 rings (SSSR count). The van der Waals surface area contributed by atoms with Crippen LogP contribution in [-0.4, -0.2) is 49.9 Å². The summed E-state index contributed by atoms with van der Waals surface area (Å²) in [4.78, 5) is 27.4. The summed E-state index contributed by atoms with van der Waals surface area (Å²) in [5.41, 5.74) is 1.26. The van der Waals surface area contributed by atoms with Crippen LogP contribution in [0, 0.1) is 5.82 Å². The number of amides is 1. The van der Waals surface area contributed by atoms with Crippen LogP contribution in [-0.2, 0) is 4.74 Å². The van der Waals surface area contributed by atoms with E-state index in [1.54, 1.807) is 0 Å². The highest BCUT2D eigenvalue weighted by Crippen LogP contribution is 2.41. The van der Waals surface area contributed by atoms with E-state index < -0.39 is 11.4 Å². The Morgan fingerprint density at radius 3 is 2.76 bits per heavy atom. The van der Waals surface area contributed by atoms with Gasteiger partial charge in [0.2, 0.25) is 0 Å². The minimum absolute atomic E-state index is 0.0303. The Morgan fingerprint density at radius 2 is 2.10 bits per heavy atom. The van der Waals surface area contributed by atoms with Crippen LogP contribution in [0.1, 0.15) is 45.7 Å². The third-order valence-corrected chi connectivity index (χ3v) is 5.92. The first kappa shape index (κ1) is 20.3. The van der Waals surface area contributed by atoms with Gasteiger partial charge in [0.1, 0.15) is 11.1 Å². The molecule has 1 amide bonds. The first-order chi connectivity index (χ1) is 13.7. The minimum Gasteiger partial charge on any atom is -0.444 e. The molecule has 2 atom stereocenters. The topological polar surface area (TPSA) is 68.2 Å². The van der Waals surface area contributed by atoms with Crippen molar-refractivity contribution >= 4 is 45.9 Å². The zero-order valence-electron chi connectivity index (χ0n) is 16.7. The fraction of sp³-hybridized carbons (Fsp3) is 0.500. The molecule has 1 fully saturated rings. The van der Waals surface area contributed by atoms with Crippen molar-refractivity contribution in [2.45, 2.75) is 62.9 Å². The summed E-state index contributed by atoms with van der Waals surface area (Å²) in [5.74, 6) is -0.641. The maximum atomic E-state index is 14.6. The Balaban J connectivity index is 1.75. The molecule has 2 aliphatic heterocycles. The van der Waals surface area contributed by atoms with Crippen molar-refractivity contribution in [2.75, 3.05) is 6.26 Å². The van der Waals surface area contributed by atoms with Crippen LogP contribution in [0.15, 0.2) is 17.4 Å². The van der Waals surface area contributed by atoms with Crippen LogP contribution in [0.2, 0.25) is 5.15 Å². The molecular formula is C20H22ClFN4O2S. The fourth-order valence-corrected chi connectivity index (χ4v) is 4.46. The maximum Gasteiger partial charge on any atom is 0.411 e. The first-order valence-electron chi connectivity index (χ1n) is 9.46. The number of nitrogens with zero attached hydrogens (tertiary/aromatic N) is 4. The van der Waals surface area contributed by atoms with Crippen molar-refractivity contribution in [3.8, 4) is 0 Å². The van der Waals surface area contributed by atoms with Gasteiger partial charge in [-0.05, 0) is 51.9 Å². The summed E-state index contributed by atoms with van der Waals surface area (Å²) in [6.07, 6.45) is 7.49. The van der Waals surface area contributed by atoms with Crippen LogP contribution in [0.3, 0.4) is 0 Å². The van der Waals surface area contributed by atoms with Crippen molar-refractivity contribution in [3.05, 3.63) is 28.9 Å². The smallest absolute Gasteiger partial charge is 0.411 e. The van der Waals surface area contributed by atoms with Gasteiger partial charge in [0.25, 0.3) is 0 Å². The second kappa shape index (κ2) is 7.40. The average molecular weight is 437 g/mol. The van der Waals surface area contributed by atoms with E-state index in [1.807, 2.05) is 38.0 Å². The van der Waals surface area contributed by atoms with Gasteiger partial charge < -0.3 is 4.74 Å². The predicted molar refractivity (Wildman–Crippen MR) is 112 cm³/mol. The molecule has 1 saturated heterocycles. The summed E-state index contributed by atoms with van der Waals surface area (Å²) in [6.45, 7) is 5.59. The second-order valence-electron chi connectivity index (χ2n) is 8.27. The number of pyridine rings is 1. The molecule has 0 aliphatic carbocycles. The predicted octanol–water partition coefficient (Wildman–Crippen LogP) is 5.09. The number of thioether (sulfide) groups is 1. The fourth-order valence-electron chi connectivity index (χ4n) is 3.96. The van der Waals surface area contributed by atoms with Crippen LogP contribution >= 0.6 is 23.4 Å². The average Bonchev–Trinajstić information content (AvgIpc) is 2.93. The molecule has 0 spiro atoms. The van der Waals surface area contributed by atoms with Crippen molar-refractivity contribution in [3.63, 3.8) is 0 Å². The van der Waals surface area contributed by atoms with Crippen molar-refractivity contribution in [1.29, 1.82) is 0 Å². The van der Waals surface area contributed by atoms with Gasteiger partial charge in [0, 0.05) is 17.6 Å². The molecule has 0 N–H and O–H groups in total. The van der Waals surface area contributed by atoms with E-state index in [0.29, 0.717) is 22.7 Å². The lowest BCUT2D eigenvalue weighted by atomic mass is 9.96.